The molecule has 6 nitrogen and oxygen atoms in total. The van der Waals surface area contributed by atoms with Gasteiger partial charge in [-0.3, -0.25) is 4.72 Å². The van der Waals surface area contributed by atoms with Crippen molar-refractivity contribution in [2.24, 2.45) is 0 Å². The summed E-state index contributed by atoms with van der Waals surface area (Å²) in [5.74, 6) is 0. The molecule has 2 N–H and O–H groups in total. The molecule has 8 heteroatoms. The lowest BCUT2D eigenvalue weighted by molar-refractivity contribution is 0.600. The molecular formula is C13H18N4O2S2. The maximum absolute atomic E-state index is 12.4. The lowest BCUT2D eigenvalue weighted by atomic mass is 10.1. The van der Waals surface area contributed by atoms with Crippen molar-refractivity contribution in [1.82, 2.24) is 15.5 Å². The number of aryl methyl sites for hydroxylation is 2. The van der Waals surface area contributed by atoms with Crippen molar-refractivity contribution in [1.29, 1.82) is 0 Å². The molecule has 114 valence electrons. The van der Waals surface area contributed by atoms with Crippen molar-refractivity contribution < 1.29 is 8.42 Å². The smallest absolute Gasteiger partial charge is 0.263 e. The average molecular weight is 326 g/mol. The van der Waals surface area contributed by atoms with Crippen molar-refractivity contribution in [2.75, 3.05) is 11.8 Å². The van der Waals surface area contributed by atoms with E-state index >= 15 is 0 Å². The van der Waals surface area contributed by atoms with Crippen LogP contribution in [-0.2, 0) is 23.0 Å². The first-order chi connectivity index (χ1) is 9.96. The molecular weight excluding hydrogens is 308 g/mol. The Labute approximate surface area is 128 Å². The van der Waals surface area contributed by atoms with Gasteiger partial charge < -0.3 is 5.32 Å². The summed E-state index contributed by atoms with van der Waals surface area (Å²) in [7, 11) is -1.80. The van der Waals surface area contributed by atoms with Crippen LogP contribution in [-0.4, -0.2) is 25.7 Å². The zero-order chi connectivity index (χ0) is 15.5. The second-order valence-electron chi connectivity index (χ2n) is 4.55. The van der Waals surface area contributed by atoms with Crippen LogP contribution in [0.15, 0.2) is 23.1 Å². The van der Waals surface area contributed by atoms with Gasteiger partial charge in [-0.25, -0.2) is 8.42 Å². The summed E-state index contributed by atoms with van der Waals surface area (Å²) >= 11 is 1.21. The quantitative estimate of drug-likeness (QED) is 0.847. The van der Waals surface area contributed by atoms with Crippen LogP contribution in [0.1, 0.15) is 23.1 Å². The normalized spacial score (nSPS) is 11.6. The Balaban J connectivity index is 2.33. The zero-order valence-electron chi connectivity index (χ0n) is 12.2. The largest absolute Gasteiger partial charge is 0.316 e. The second-order valence-corrected chi connectivity index (χ2v) is 7.41. The van der Waals surface area contributed by atoms with Crippen LogP contribution in [0.2, 0.25) is 0 Å². The van der Waals surface area contributed by atoms with Crippen LogP contribution in [0, 0.1) is 6.92 Å². The highest BCUT2D eigenvalue weighted by Crippen LogP contribution is 2.21. The Kier molecular flexibility index (Phi) is 4.92. The molecule has 21 heavy (non-hydrogen) atoms. The first-order valence-corrected chi connectivity index (χ1v) is 8.85. The van der Waals surface area contributed by atoms with Crippen molar-refractivity contribution in [3.63, 3.8) is 0 Å². The number of hydrogen-bond acceptors (Lipinski definition) is 6. The summed E-state index contributed by atoms with van der Waals surface area (Å²) < 4.78 is 27.2. The fraction of sp³-hybridized carbons (Fsp3) is 0.385. The minimum Gasteiger partial charge on any atom is -0.316 e. The van der Waals surface area contributed by atoms with E-state index in [1.54, 1.807) is 19.1 Å². The van der Waals surface area contributed by atoms with Crippen LogP contribution in [0.5, 0.6) is 0 Å². The number of nitrogens with zero attached hydrogens (tertiary/aromatic N) is 2. The molecule has 0 amide bonds. The molecule has 0 saturated heterocycles. The molecule has 0 aliphatic rings. The van der Waals surface area contributed by atoms with Crippen molar-refractivity contribution in [3.05, 3.63) is 34.3 Å². The van der Waals surface area contributed by atoms with Crippen LogP contribution >= 0.6 is 11.3 Å². The molecule has 2 rings (SSSR count). The number of rotatable bonds is 6. The van der Waals surface area contributed by atoms with Crippen molar-refractivity contribution in [3.8, 4) is 0 Å². The highest BCUT2D eigenvalue weighted by atomic mass is 32.2. The van der Waals surface area contributed by atoms with E-state index in [4.69, 9.17) is 0 Å². The molecule has 0 aliphatic heterocycles. The lowest BCUT2D eigenvalue weighted by Gasteiger charge is -2.11. The van der Waals surface area contributed by atoms with Gasteiger partial charge in [0.2, 0.25) is 5.13 Å². The van der Waals surface area contributed by atoms with E-state index in [0.29, 0.717) is 11.6 Å². The van der Waals surface area contributed by atoms with Gasteiger partial charge >= 0.3 is 0 Å². The first-order valence-electron chi connectivity index (χ1n) is 6.55. The summed E-state index contributed by atoms with van der Waals surface area (Å²) in [4.78, 5) is 0.234. The predicted molar refractivity (Wildman–Crippen MR) is 84.0 cm³/mol. The summed E-state index contributed by atoms with van der Waals surface area (Å²) in [5, 5.41) is 11.6. The fourth-order valence-corrected chi connectivity index (χ4v) is 3.85. The van der Waals surface area contributed by atoms with Crippen LogP contribution in [0.4, 0.5) is 5.13 Å². The van der Waals surface area contributed by atoms with Gasteiger partial charge in [-0.2, -0.15) is 0 Å². The molecule has 0 saturated carbocycles. The lowest BCUT2D eigenvalue weighted by Crippen LogP contribution is -2.15. The highest BCUT2D eigenvalue weighted by Gasteiger charge is 2.17. The van der Waals surface area contributed by atoms with Crippen molar-refractivity contribution in [2.45, 2.75) is 31.7 Å². The molecule has 0 atom stereocenters. The Morgan fingerprint density at radius 2 is 2.00 bits per heavy atom. The minimum atomic E-state index is -3.64. The molecule has 0 spiro atoms. The Morgan fingerprint density at radius 3 is 2.57 bits per heavy atom. The number of benzene rings is 1. The number of anilines is 1. The van der Waals surface area contributed by atoms with E-state index in [0.717, 1.165) is 17.5 Å². The molecule has 1 aromatic carbocycles. The minimum absolute atomic E-state index is 0.234. The van der Waals surface area contributed by atoms with Crippen LogP contribution in [0.3, 0.4) is 0 Å². The fourth-order valence-electron chi connectivity index (χ4n) is 1.98. The molecule has 0 aliphatic carbocycles. The molecule has 0 unspecified atom stereocenters. The molecule has 2 aromatic rings. The van der Waals surface area contributed by atoms with E-state index in [9.17, 15) is 8.42 Å². The van der Waals surface area contributed by atoms with E-state index in [1.807, 2.05) is 20.0 Å². The SMILES string of the molecule is CCc1ccc(S(=O)(=O)Nc2nnc(C)s2)cc1CNC. The molecule has 0 fully saturated rings. The second kappa shape index (κ2) is 6.50. The summed E-state index contributed by atoms with van der Waals surface area (Å²) in [6.07, 6.45) is 0.861. The number of aromatic nitrogens is 2. The van der Waals surface area contributed by atoms with E-state index in [2.05, 4.69) is 20.2 Å². The van der Waals surface area contributed by atoms with Gasteiger partial charge in [-0.15, -0.1) is 10.2 Å². The number of nitrogens with one attached hydrogen (secondary N) is 2. The Morgan fingerprint density at radius 1 is 1.24 bits per heavy atom. The molecule has 1 heterocycles. The van der Waals surface area contributed by atoms with Gasteiger partial charge in [-0.05, 0) is 43.7 Å². The Hall–Kier alpha value is -1.51. The average Bonchev–Trinajstić information content (AvgIpc) is 2.83. The summed E-state index contributed by atoms with van der Waals surface area (Å²) in [6, 6.07) is 5.17. The Bertz CT molecular complexity index is 726. The van der Waals surface area contributed by atoms with Gasteiger partial charge in [0.15, 0.2) is 0 Å². The molecule has 0 radical (unpaired) electrons. The summed E-state index contributed by atoms with van der Waals surface area (Å²) in [5.41, 5.74) is 2.12. The van der Waals surface area contributed by atoms with Gasteiger partial charge in [0.05, 0.1) is 4.90 Å². The van der Waals surface area contributed by atoms with Crippen LogP contribution in [0.25, 0.3) is 0 Å². The van der Waals surface area contributed by atoms with E-state index < -0.39 is 10.0 Å². The number of hydrogen-bond donors (Lipinski definition) is 2. The van der Waals surface area contributed by atoms with Gasteiger partial charge in [0, 0.05) is 6.54 Å². The maximum Gasteiger partial charge on any atom is 0.263 e. The van der Waals surface area contributed by atoms with E-state index in [-0.39, 0.29) is 10.0 Å². The van der Waals surface area contributed by atoms with Gasteiger partial charge in [0.25, 0.3) is 10.0 Å². The first kappa shape index (κ1) is 15.9. The summed E-state index contributed by atoms with van der Waals surface area (Å²) in [6.45, 7) is 4.45. The molecule has 0 bridgehead atoms. The maximum atomic E-state index is 12.4. The van der Waals surface area contributed by atoms with Crippen LogP contribution < -0.4 is 10.0 Å². The topological polar surface area (TPSA) is 84.0 Å². The third kappa shape index (κ3) is 3.78. The number of sulfonamides is 1. The predicted octanol–water partition coefficient (Wildman–Crippen LogP) is 1.93. The standard InChI is InChI=1S/C13H18N4O2S2/c1-4-10-5-6-12(7-11(10)8-14-3)21(18,19)17-13-16-15-9(2)20-13/h5-7,14H,4,8H2,1-3H3,(H,16,17). The highest BCUT2D eigenvalue weighted by molar-refractivity contribution is 7.93. The third-order valence-corrected chi connectivity index (χ3v) is 5.20. The zero-order valence-corrected chi connectivity index (χ0v) is 13.8. The van der Waals surface area contributed by atoms with Gasteiger partial charge in [-0.1, -0.05) is 24.3 Å². The third-order valence-electron chi connectivity index (χ3n) is 2.98. The van der Waals surface area contributed by atoms with Crippen molar-refractivity contribution >= 4 is 26.5 Å². The van der Waals surface area contributed by atoms with E-state index in [1.165, 1.54) is 11.3 Å². The molecule has 1 aromatic heterocycles. The monoisotopic (exact) mass is 326 g/mol. The van der Waals surface area contributed by atoms with Gasteiger partial charge in [0.1, 0.15) is 5.01 Å².